The van der Waals surface area contributed by atoms with Gasteiger partial charge in [0.2, 0.25) is 0 Å². The highest BCUT2D eigenvalue weighted by Crippen LogP contribution is 2.29. The number of nitrogens with one attached hydrogen (secondary N) is 2. The lowest BCUT2D eigenvalue weighted by atomic mass is 10.2. The van der Waals surface area contributed by atoms with E-state index in [0.717, 1.165) is 22.7 Å². The van der Waals surface area contributed by atoms with Crippen molar-refractivity contribution >= 4 is 51.8 Å². The molecule has 0 atom stereocenters. The van der Waals surface area contributed by atoms with E-state index in [1.54, 1.807) is 24.3 Å². The second-order valence-corrected chi connectivity index (χ2v) is 8.30. The highest BCUT2D eigenvalue weighted by molar-refractivity contribution is 7.99. The van der Waals surface area contributed by atoms with Crippen LogP contribution in [0.4, 0.5) is 31.5 Å². The average Bonchev–Trinajstić information content (AvgIpc) is 2.71. The zero-order valence-electron chi connectivity index (χ0n) is 16.7. The second-order valence-electron chi connectivity index (χ2n) is 6.83. The Kier molecular flexibility index (Phi) is 7.65. The van der Waals surface area contributed by atoms with E-state index in [9.17, 15) is 8.78 Å². The molecule has 0 aliphatic heterocycles. The molecular formula is C23H23F2N3S2. The standard InChI is InChI=1S/C23H23F2N3S2/c1-16(2)28(19-6-4-3-5-7-19)20-12-8-17(9-13-20)26-23(29)27-18-10-14-21(15-11-18)30-22(24)25/h3-16,22H,1-2H3,(H2,26,27,29). The second kappa shape index (κ2) is 10.4. The summed E-state index contributed by atoms with van der Waals surface area (Å²) in [5, 5.41) is 6.65. The molecule has 0 aromatic heterocycles. The minimum atomic E-state index is -2.43. The maximum Gasteiger partial charge on any atom is 0.288 e. The molecule has 0 saturated heterocycles. The van der Waals surface area contributed by atoms with Gasteiger partial charge in [-0.1, -0.05) is 30.0 Å². The van der Waals surface area contributed by atoms with Gasteiger partial charge in [-0.25, -0.2) is 0 Å². The van der Waals surface area contributed by atoms with Gasteiger partial charge >= 0.3 is 0 Å². The lowest BCUT2D eigenvalue weighted by Gasteiger charge is -2.29. The Morgan fingerprint density at radius 3 is 1.80 bits per heavy atom. The van der Waals surface area contributed by atoms with Crippen LogP contribution < -0.4 is 15.5 Å². The third-order valence-corrected chi connectivity index (χ3v) is 5.22. The van der Waals surface area contributed by atoms with Gasteiger partial charge in [-0.2, -0.15) is 8.78 Å². The normalized spacial score (nSPS) is 10.9. The van der Waals surface area contributed by atoms with Crippen LogP contribution in [-0.2, 0) is 0 Å². The van der Waals surface area contributed by atoms with Gasteiger partial charge in [-0.3, -0.25) is 0 Å². The molecule has 0 saturated carbocycles. The number of halogens is 2. The summed E-state index contributed by atoms with van der Waals surface area (Å²) >= 11 is 5.88. The van der Waals surface area contributed by atoms with Crippen molar-refractivity contribution in [3.8, 4) is 0 Å². The molecule has 0 spiro atoms. The van der Waals surface area contributed by atoms with Crippen LogP contribution in [0.1, 0.15) is 13.8 Å². The topological polar surface area (TPSA) is 27.3 Å². The van der Waals surface area contributed by atoms with Crippen LogP contribution in [0.2, 0.25) is 0 Å². The highest BCUT2D eigenvalue weighted by atomic mass is 32.2. The molecule has 0 bridgehead atoms. The van der Waals surface area contributed by atoms with Crippen LogP contribution in [0.5, 0.6) is 0 Å². The van der Waals surface area contributed by atoms with Crippen molar-refractivity contribution in [1.82, 2.24) is 0 Å². The van der Waals surface area contributed by atoms with E-state index in [0.29, 0.717) is 27.8 Å². The summed E-state index contributed by atoms with van der Waals surface area (Å²) in [6, 6.07) is 25.3. The van der Waals surface area contributed by atoms with Crippen molar-refractivity contribution in [1.29, 1.82) is 0 Å². The first-order chi connectivity index (χ1) is 14.4. The number of hydrogen-bond acceptors (Lipinski definition) is 3. The van der Waals surface area contributed by atoms with Crippen LogP contribution in [-0.4, -0.2) is 16.9 Å². The van der Waals surface area contributed by atoms with E-state index in [4.69, 9.17) is 12.2 Å². The number of benzene rings is 3. The lowest BCUT2D eigenvalue weighted by Crippen LogP contribution is -2.25. The average molecular weight is 444 g/mol. The monoisotopic (exact) mass is 443 g/mol. The Balaban J connectivity index is 1.63. The molecule has 7 heteroatoms. The largest absolute Gasteiger partial charge is 0.339 e. The summed E-state index contributed by atoms with van der Waals surface area (Å²) in [6.07, 6.45) is 0. The molecule has 3 aromatic rings. The van der Waals surface area contributed by atoms with E-state index >= 15 is 0 Å². The molecule has 0 aliphatic rings. The fourth-order valence-corrected chi connectivity index (χ4v) is 3.79. The molecule has 0 amide bonds. The zero-order valence-corrected chi connectivity index (χ0v) is 18.3. The number of para-hydroxylation sites is 1. The third-order valence-electron chi connectivity index (χ3n) is 4.29. The first-order valence-corrected chi connectivity index (χ1v) is 10.8. The number of thiocarbonyl (C=S) groups is 1. The maximum atomic E-state index is 12.4. The molecule has 3 rings (SSSR count). The summed E-state index contributed by atoms with van der Waals surface area (Å²) in [5.74, 6) is -2.43. The minimum absolute atomic E-state index is 0.306. The molecular weight excluding hydrogens is 420 g/mol. The minimum Gasteiger partial charge on any atom is -0.339 e. The smallest absolute Gasteiger partial charge is 0.288 e. The van der Waals surface area contributed by atoms with Crippen molar-refractivity contribution in [2.24, 2.45) is 0 Å². The lowest BCUT2D eigenvalue weighted by molar-refractivity contribution is 0.252. The third kappa shape index (κ3) is 6.18. The van der Waals surface area contributed by atoms with Crippen LogP contribution in [0.3, 0.4) is 0 Å². The molecule has 3 aromatic carbocycles. The number of anilines is 4. The fourth-order valence-electron chi connectivity index (χ4n) is 3.05. The SMILES string of the molecule is CC(C)N(c1ccccc1)c1ccc(NC(=S)Nc2ccc(SC(F)F)cc2)cc1. The van der Waals surface area contributed by atoms with E-state index in [1.165, 1.54) is 0 Å². The van der Waals surface area contributed by atoms with Crippen molar-refractivity contribution in [2.75, 3.05) is 15.5 Å². The summed E-state index contributed by atoms with van der Waals surface area (Å²) in [7, 11) is 0. The Morgan fingerprint density at radius 2 is 1.30 bits per heavy atom. The van der Waals surface area contributed by atoms with Gasteiger partial charge in [0.1, 0.15) is 0 Å². The van der Waals surface area contributed by atoms with Crippen LogP contribution >= 0.6 is 24.0 Å². The van der Waals surface area contributed by atoms with Gasteiger partial charge in [0.15, 0.2) is 5.11 Å². The summed E-state index contributed by atoms with van der Waals surface area (Å²) in [6.45, 7) is 4.31. The maximum absolute atomic E-state index is 12.4. The van der Waals surface area contributed by atoms with Gasteiger partial charge in [-0.15, -0.1) is 0 Å². The number of alkyl halides is 2. The van der Waals surface area contributed by atoms with E-state index in [2.05, 4.69) is 41.5 Å². The molecule has 0 heterocycles. The van der Waals surface area contributed by atoms with Crippen LogP contribution in [0.15, 0.2) is 83.8 Å². The summed E-state index contributed by atoms with van der Waals surface area (Å²) in [5.41, 5.74) is 3.82. The van der Waals surface area contributed by atoms with Gasteiger partial charge in [0.25, 0.3) is 5.76 Å². The Labute approximate surface area is 185 Å². The molecule has 0 radical (unpaired) electrons. The quantitative estimate of drug-likeness (QED) is 0.294. The zero-order chi connectivity index (χ0) is 21.5. The molecule has 0 unspecified atom stereocenters. The highest BCUT2D eigenvalue weighted by Gasteiger charge is 2.13. The number of thioether (sulfide) groups is 1. The molecule has 2 N–H and O–H groups in total. The van der Waals surface area contributed by atoms with Crippen molar-refractivity contribution < 1.29 is 8.78 Å². The molecule has 30 heavy (non-hydrogen) atoms. The van der Waals surface area contributed by atoms with Crippen LogP contribution in [0.25, 0.3) is 0 Å². The summed E-state index contributed by atoms with van der Waals surface area (Å²) in [4.78, 5) is 2.78. The van der Waals surface area contributed by atoms with Gasteiger partial charge in [0, 0.05) is 33.7 Å². The molecule has 156 valence electrons. The Morgan fingerprint density at radius 1 is 0.800 bits per heavy atom. The number of rotatable bonds is 7. The first-order valence-electron chi connectivity index (χ1n) is 9.49. The molecule has 0 aliphatic carbocycles. The van der Waals surface area contributed by atoms with Gasteiger partial charge in [0.05, 0.1) is 0 Å². The first kappa shape index (κ1) is 22.1. The molecule has 3 nitrogen and oxygen atoms in total. The van der Waals surface area contributed by atoms with E-state index < -0.39 is 5.76 Å². The fraction of sp³-hybridized carbons (Fsp3) is 0.174. The Bertz CT molecular complexity index is 946. The summed E-state index contributed by atoms with van der Waals surface area (Å²) < 4.78 is 24.8. The van der Waals surface area contributed by atoms with Crippen molar-refractivity contribution in [3.63, 3.8) is 0 Å². The van der Waals surface area contributed by atoms with E-state index in [1.807, 2.05) is 42.5 Å². The predicted molar refractivity (Wildman–Crippen MR) is 128 cm³/mol. The molecule has 0 fully saturated rings. The van der Waals surface area contributed by atoms with Crippen LogP contribution in [0, 0.1) is 0 Å². The van der Waals surface area contributed by atoms with Crippen molar-refractivity contribution in [2.45, 2.75) is 30.5 Å². The van der Waals surface area contributed by atoms with Gasteiger partial charge < -0.3 is 15.5 Å². The predicted octanol–water partition coefficient (Wildman–Crippen LogP) is 7.36. The van der Waals surface area contributed by atoms with Crippen molar-refractivity contribution in [3.05, 3.63) is 78.9 Å². The van der Waals surface area contributed by atoms with Gasteiger partial charge in [-0.05, 0) is 86.7 Å². The number of hydrogen-bond donors (Lipinski definition) is 2. The van der Waals surface area contributed by atoms with E-state index in [-0.39, 0.29) is 0 Å². The Hall–Kier alpha value is -2.64. The number of nitrogens with zero attached hydrogens (tertiary/aromatic N) is 1.